The summed E-state index contributed by atoms with van der Waals surface area (Å²) < 4.78 is 32.0. The Kier molecular flexibility index (Phi) is 6.66. The number of ether oxygens (including phenoxy) is 1. The van der Waals surface area contributed by atoms with Crippen molar-refractivity contribution in [3.8, 4) is 5.88 Å². The zero-order valence-corrected chi connectivity index (χ0v) is 17.5. The minimum Gasteiger partial charge on any atom is -0.479 e. The molecule has 9 heteroatoms. The Morgan fingerprint density at radius 1 is 1.31 bits per heavy atom. The Morgan fingerprint density at radius 3 is 2.62 bits per heavy atom. The van der Waals surface area contributed by atoms with Crippen LogP contribution in [0.5, 0.6) is 5.88 Å². The molecule has 0 aromatic carbocycles. The van der Waals surface area contributed by atoms with Crippen LogP contribution in [0.15, 0.2) is 0 Å². The molecular weight excluding hydrogens is 380 g/mol. The van der Waals surface area contributed by atoms with E-state index in [-0.39, 0.29) is 18.5 Å². The van der Waals surface area contributed by atoms with Gasteiger partial charge in [-0.15, -0.1) is 5.10 Å². The maximum absolute atomic E-state index is 12.5. The van der Waals surface area contributed by atoms with Gasteiger partial charge in [0.25, 0.3) is 6.43 Å². The number of carbonyl (C=O) groups is 1. The first kappa shape index (κ1) is 21.4. The predicted molar refractivity (Wildman–Crippen MR) is 106 cm³/mol. The van der Waals surface area contributed by atoms with Gasteiger partial charge in [-0.1, -0.05) is 0 Å². The van der Waals surface area contributed by atoms with Gasteiger partial charge in [-0.05, 0) is 44.2 Å². The summed E-state index contributed by atoms with van der Waals surface area (Å²) in [4.78, 5) is 18.9. The number of alkyl halides is 2. The number of halogens is 2. The number of hydrogen-bond acceptors (Lipinski definition) is 5. The maximum atomic E-state index is 12.5. The van der Waals surface area contributed by atoms with Crippen LogP contribution in [-0.2, 0) is 18.3 Å². The fourth-order valence-electron chi connectivity index (χ4n) is 4.10. The van der Waals surface area contributed by atoms with Gasteiger partial charge in [-0.3, -0.25) is 9.69 Å². The molecule has 3 heterocycles. The minimum absolute atomic E-state index is 0.0191. The molecule has 7 nitrogen and oxygen atoms in total. The van der Waals surface area contributed by atoms with Gasteiger partial charge in [0.2, 0.25) is 11.8 Å². The second kappa shape index (κ2) is 9.02. The van der Waals surface area contributed by atoms with Crippen LogP contribution in [0.3, 0.4) is 0 Å². The van der Waals surface area contributed by atoms with E-state index in [0.29, 0.717) is 44.7 Å². The number of nitrogens with zero attached hydrogens (tertiary/aromatic N) is 4. The van der Waals surface area contributed by atoms with Gasteiger partial charge in [0.1, 0.15) is 0 Å². The minimum atomic E-state index is -2.31. The number of rotatable bonds is 7. The SMILES string of the molecule is COc1nn(C)c2nc(C)c(CCC(=O)NC3CCN(CC(F)F)CC3)c(C)c12. The lowest BCUT2D eigenvalue weighted by molar-refractivity contribution is -0.122. The smallest absolute Gasteiger partial charge is 0.251 e. The van der Waals surface area contributed by atoms with Crippen molar-refractivity contribution >= 4 is 16.9 Å². The van der Waals surface area contributed by atoms with Gasteiger partial charge >= 0.3 is 0 Å². The van der Waals surface area contributed by atoms with Crippen molar-refractivity contribution in [2.75, 3.05) is 26.7 Å². The first-order valence-corrected chi connectivity index (χ1v) is 9.96. The van der Waals surface area contributed by atoms with Crippen LogP contribution in [0.2, 0.25) is 0 Å². The fourth-order valence-corrected chi connectivity index (χ4v) is 4.10. The summed E-state index contributed by atoms with van der Waals surface area (Å²) in [5.41, 5.74) is 3.71. The highest BCUT2D eigenvalue weighted by molar-refractivity contribution is 5.86. The zero-order valence-electron chi connectivity index (χ0n) is 17.5. The Hall–Kier alpha value is -2.29. The van der Waals surface area contributed by atoms with Crippen molar-refractivity contribution in [1.29, 1.82) is 0 Å². The molecule has 0 bridgehead atoms. The van der Waals surface area contributed by atoms with E-state index >= 15 is 0 Å². The predicted octanol–water partition coefficient (Wildman–Crippen LogP) is 2.37. The van der Waals surface area contributed by atoms with Crippen molar-refractivity contribution in [3.63, 3.8) is 0 Å². The number of carbonyl (C=O) groups excluding carboxylic acids is 1. The molecule has 1 saturated heterocycles. The van der Waals surface area contributed by atoms with Crippen molar-refractivity contribution < 1.29 is 18.3 Å². The van der Waals surface area contributed by atoms with Gasteiger partial charge in [-0.2, -0.15) is 0 Å². The summed E-state index contributed by atoms with van der Waals surface area (Å²) in [6.07, 6.45) is 0.0362. The van der Waals surface area contributed by atoms with Gasteiger partial charge in [0.05, 0.1) is 19.0 Å². The quantitative estimate of drug-likeness (QED) is 0.760. The Balaban J connectivity index is 1.60. The average molecular weight is 409 g/mol. The van der Waals surface area contributed by atoms with Gasteiger partial charge in [0.15, 0.2) is 5.65 Å². The Bertz CT molecular complexity index is 876. The molecule has 1 N–H and O–H groups in total. The lowest BCUT2D eigenvalue weighted by Gasteiger charge is -2.32. The third-order valence-corrected chi connectivity index (χ3v) is 5.67. The largest absolute Gasteiger partial charge is 0.479 e. The van der Waals surface area contributed by atoms with Crippen LogP contribution < -0.4 is 10.1 Å². The second-order valence-electron chi connectivity index (χ2n) is 7.67. The number of pyridine rings is 1. The molecule has 160 valence electrons. The number of aryl methyl sites for hydroxylation is 3. The lowest BCUT2D eigenvalue weighted by atomic mass is 9.99. The van der Waals surface area contributed by atoms with Gasteiger partial charge < -0.3 is 10.1 Å². The molecule has 1 aliphatic rings. The summed E-state index contributed by atoms with van der Waals surface area (Å²) >= 11 is 0. The van der Waals surface area contributed by atoms with Crippen molar-refractivity contribution in [2.24, 2.45) is 7.05 Å². The van der Waals surface area contributed by atoms with Crippen LogP contribution >= 0.6 is 0 Å². The lowest BCUT2D eigenvalue weighted by Crippen LogP contribution is -2.45. The van der Waals surface area contributed by atoms with Crippen molar-refractivity contribution in [1.82, 2.24) is 25.0 Å². The fraction of sp³-hybridized carbons (Fsp3) is 0.650. The first-order valence-electron chi connectivity index (χ1n) is 9.96. The van der Waals surface area contributed by atoms with E-state index < -0.39 is 6.43 Å². The van der Waals surface area contributed by atoms with Crippen LogP contribution in [0.25, 0.3) is 11.0 Å². The van der Waals surface area contributed by atoms with E-state index in [2.05, 4.69) is 15.4 Å². The molecule has 3 rings (SSSR count). The summed E-state index contributed by atoms with van der Waals surface area (Å²) in [6.45, 7) is 4.95. The normalized spacial score (nSPS) is 16.0. The third kappa shape index (κ3) is 4.83. The molecule has 0 spiro atoms. The molecule has 1 aliphatic heterocycles. The number of likely N-dealkylation sites (tertiary alicyclic amines) is 1. The van der Waals surface area contributed by atoms with Gasteiger partial charge in [0, 0.05) is 38.3 Å². The standard InChI is InChI=1S/C20H29F2N5O2/c1-12-15(13(2)23-19-18(12)20(29-4)25-26(19)3)5-6-17(28)24-14-7-9-27(10-8-14)11-16(21)22/h14,16H,5-11H2,1-4H3,(H,24,28). The number of aromatic nitrogens is 3. The van der Waals surface area contributed by atoms with E-state index in [0.717, 1.165) is 27.9 Å². The van der Waals surface area contributed by atoms with Crippen molar-refractivity contribution in [2.45, 2.75) is 52.0 Å². The zero-order chi connectivity index (χ0) is 21.1. The number of piperidine rings is 1. The van der Waals surface area contributed by atoms with E-state index in [1.54, 1.807) is 16.7 Å². The highest BCUT2D eigenvalue weighted by Gasteiger charge is 2.23. The molecule has 0 unspecified atom stereocenters. The second-order valence-corrected chi connectivity index (χ2v) is 7.67. The topological polar surface area (TPSA) is 72.3 Å². The summed E-state index contributed by atoms with van der Waals surface area (Å²) in [5, 5.41) is 8.28. The van der Waals surface area contributed by atoms with E-state index in [1.165, 1.54) is 0 Å². The van der Waals surface area contributed by atoms with Crippen LogP contribution in [0, 0.1) is 13.8 Å². The van der Waals surface area contributed by atoms with Crippen LogP contribution in [-0.4, -0.2) is 64.8 Å². The molecule has 0 aliphatic carbocycles. The molecule has 1 fully saturated rings. The highest BCUT2D eigenvalue weighted by atomic mass is 19.3. The monoisotopic (exact) mass is 409 g/mol. The molecule has 1 amide bonds. The van der Waals surface area contributed by atoms with E-state index in [9.17, 15) is 13.6 Å². The number of fused-ring (bicyclic) bond motifs is 1. The van der Waals surface area contributed by atoms with Crippen LogP contribution in [0.1, 0.15) is 36.1 Å². The molecule has 29 heavy (non-hydrogen) atoms. The summed E-state index contributed by atoms with van der Waals surface area (Å²) in [5.74, 6) is 0.517. The average Bonchev–Trinajstić information content (AvgIpc) is 2.98. The molecule has 2 aromatic heterocycles. The Morgan fingerprint density at radius 2 is 2.00 bits per heavy atom. The maximum Gasteiger partial charge on any atom is 0.251 e. The highest BCUT2D eigenvalue weighted by Crippen LogP contribution is 2.30. The summed E-state index contributed by atoms with van der Waals surface area (Å²) in [6, 6.07) is 0.0534. The molecule has 0 atom stereocenters. The van der Waals surface area contributed by atoms with E-state index in [4.69, 9.17) is 4.74 Å². The molecule has 2 aromatic rings. The van der Waals surface area contributed by atoms with Crippen LogP contribution in [0.4, 0.5) is 8.78 Å². The van der Waals surface area contributed by atoms with Gasteiger partial charge in [-0.25, -0.2) is 18.4 Å². The summed E-state index contributed by atoms with van der Waals surface area (Å²) in [7, 11) is 3.41. The number of amides is 1. The number of nitrogens with one attached hydrogen (secondary N) is 1. The molecular formula is C20H29F2N5O2. The molecule has 0 radical (unpaired) electrons. The number of hydrogen-bond donors (Lipinski definition) is 1. The molecule has 0 saturated carbocycles. The van der Waals surface area contributed by atoms with E-state index in [1.807, 2.05) is 20.9 Å². The number of methoxy groups -OCH3 is 1. The first-order chi connectivity index (χ1) is 13.8. The Labute approximate surface area is 169 Å². The third-order valence-electron chi connectivity index (χ3n) is 5.67. The van der Waals surface area contributed by atoms with Crippen molar-refractivity contribution in [3.05, 3.63) is 16.8 Å².